The molecule has 2 aromatic carbocycles. The zero-order chi connectivity index (χ0) is 17.4. The van der Waals surface area contributed by atoms with Crippen molar-refractivity contribution in [1.29, 1.82) is 0 Å². The number of ether oxygens (including phenoxy) is 3. The molecule has 1 amide bonds. The standard InChI is InChI=1S/C20H19NO4/c1-13-3-5-16-15(9-13)7-8-20(2,25-16)19(22)21-11-14-4-6-17-18(10-14)24-12-23-17/h3-10H,11-12H2,1-2H3,(H,21,22). The van der Waals surface area contributed by atoms with Crippen LogP contribution >= 0.6 is 0 Å². The summed E-state index contributed by atoms with van der Waals surface area (Å²) in [6, 6.07) is 11.5. The molecule has 1 atom stereocenters. The van der Waals surface area contributed by atoms with Crippen LogP contribution in [0.25, 0.3) is 6.08 Å². The Balaban J connectivity index is 1.45. The summed E-state index contributed by atoms with van der Waals surface area (Å²) in [7, 11) is 0. The van der Waals surface area contributed by atoms with Gasteiger partial charge in [-0.15, -0.1) is 0 Å². The number of benzene rings is 2. The Labute approximate surface area is 146 Å². The van der Waals surface area contributed by atoms with Crippen LogP contribution in [0.4, 0.5) is 0 Å². The second kappa shape index (κ2) is 5.84. The summed E-state index contributed by atoms with van der Waals surface area (Å²) in [5.41, 5.74) is 2.06. The number of carbonyl (C=O) groups excluding carboxylic acids is 1. The summed E-state index contributed by atoms with van der Waals surface area (Å²) in [4.78, 5) is 12.7. The van der Waals surface area contributed by atoms with Crippen molar-refractivity contribution in [2.45, 2.75) is 26.0 Å². The predicted octanol–water partition coefficient (Wildman–Crippen LogP) is 3.20. The third-order valence-corrected chi connectivity index (χ3v) is 4.41. The van der Waals surface area contributed by atoms with E-state index in [0.29, 0.717) is 18.0 Å². The molecular formula is C20H19NO4. The van der Waals surface area contributed by atoms with Crippen LogP contribution in [-0.2, 0) is 11.3 Å². The van der Waals surface area contributed by atoms with E-state index in [9.17, 15) is 4.79 Å². The van der Waals surface area contributed by atoms with Gasteiger partial charge in [-0.1, -0.05) is 23.8 Å². The van der Waals surface area contributed by atoms with E-state index in [0.717, 1.165) is 22.4 Å². The molecule has 2 aliphatic heterocycles. The van der Waals surface area contributed by atoms with Gasteiger partial charge in [0.2, 0.25) is 12.4 Å². The fraction of sp³-hybridized carbons (Fsp3) is 0.250. The largest absolute Gasteiger partial charge is 0.473 e. The molecule has 5 nitrogen and oxygen atoms in total. The number of hydrogen-bond donors (Lipinski definition) is 1. The topological polar surface area (TPSA) is 56.8 Å². The summed E-state index contributed by atoms with van der Waals surface area (Å²) in [5, 5.41) is 2.93. The second-order valence-corrected chi connectivity index (χ2v) is 6.45. The van der Waals surface area contributed by atoms with Crippen LogP contribution < -0.4 is 19.5 Å². The lowest BCUT2D eigenvalue weighted by Crippen LogP contribution is -2.48. The van der Waals surface area contributed by atoms with Gasteiger partial charge >= 0.3 is 0 Å². The first-order chi connectivity index (χ1) is 12.0. The number of fused-ring (bicyclic) bond motifs is 2. The van der Waals surface area contributed by atoms with E-state index in [2.05, 4.69) is 5.32 Å². The highest BCUT2D eigenvalue weighted by Gasteiger charge is 2.35. The van der Waals surface area contributed by atoms with Crippen molar-refractivity contribution in [2.24, 2.45) is 0 Å². The molecule has 0 bridgehead atoms. The van der Waals surface area contributed by atoms with Gasteiger partial charge in [-0.25, -0.2) is 0 Å². The SMILES string of the molecule is Cc1ccc2c(c1)C=CC(C)(C(=O)NCc1ccc3c(c1)OCO3)O2. The Morgan fingerprint density at radius 1 is 1.12 bits per heavy atom. The van der Waals surface area contributed by atoms with Crippen molar-refractivity contribution < 1.29 is 19.0 Å². The van der Waals surface area contributed by atoms with Gasteiger partial charge in [-0.05, 0) is 49.8 Å². The fourth-order valence-electron chi connectivity index (χ4n) is 2.93. The van der Waals surface area contributed by atoms with Crippen LogP contribution in [0, 0.1) is 6.92 Å². The summed E-state index contributed by atoms with van der Waals surface area (Å²) in [6.07, 6.45) is 3.73. The molecule has 128 valence electrons. The molecule has 0 aromatic heterocycles. The van der Waals surface area contributed by atoms with Gasteiger partial charge in [-0.2, -0.15) is 0 Å². The molecule has 0 saturated carbocycles. The molecule has 5 heteroatoms. The summed E-state index contributed by atoms with van der Waals surface area (Å²) >= 11 is 0. The first-order valence-corrected chi connectivity index (χ1v) is 8.19. The third-order valence-electron chi connectivity index (χ3n) is 4.41. The molecule has 0 fully saturated rings. The zero-order valence-electron chi connectivity index (χ0n) is 14.2. The molecule has 2 aliphatic rings. The molecule has 0 radical (unpaired) electrons. The lowest BCUT2D eigenvalue weighted by Gasteiger charge is -2.30. The van der Waals surface area contributed by atoms with Gasteiger partial charge in [0, 0.05) is 12.1 Å². The van der Waals surface area contributed by atoms with Crippen molar-refractivity contribution in [2.75, 3.05) is 6.79 Å². The summed E-state index contributed by atoms with van der Waals surface area (Å²) in [6.45, 7) is 4.42. The van der Waals surface area contributed by atoms with Gasteiger partial charge in [-0.3, -0.25) is 4.79 Å². The summed E-state index contributed by atoms with van der Waals surface area (Å²) < 4.78 is 16.6. The molecular weight excluding hydrogens is 318 g/mol. The molecule has 2 aromatic rings. The minimum absolute atomic E-state index is 0.187. The quantitative estimate of drug-likeness (QED) is 0.934. The van der Waals surface area contributed by atoms with E-state index in [-0.39, 0.29) is 12.7 Å². The molecule has 0 saturated heterocycles. The molecule has 0 aliphatic carbocycles. The van der Waals surface area contributed by atoms with Gasteiger partial charge < -0.3 is 19.5 Å². The molecule has 1 unspecified atom stereocenters. The smallest absolute Gasteiger partial charge is 0.268 e. The monoisotopic (exact) mass is 337 g/mol. The zero-order valence-corrected chi connectivity index (χ0v) is 14.2. The van der Waals surface area contributed by atoms with Crippen molar-refractivity contribution in [3.63, 3.8) is 0 Å². The first kappa shape index (κ1) is 15.6. The maximum absolute atomic E-state index is 12.7. The molecule has 0 spiro atoms. The molecule has 2 heterocycles. The number of amides is 1. The Bertz CT molecular complexity index is 874. The second-order valence-electron chi connectivity index (χ2n) is 6.45. The normalized spacial score (nSPS) is 19.9. The highest BCUT2D eigenvalue weighted by atomic mass is 16.7. The average Bonchev–Trinajstić information content (AvgIpc) is 3.07. The number of hydrogen-bond acceptors (Lipinski definition) is 4. The first-order valence-electron chi connectivity index (χ1n) is 8.19. The highest BCUT2D eigenvalue weighted by molar-refractivity contribution is 5.89. The van der Waals surface area contributed by atoms with Crippen LogP contribution in [0.2, 0.25) is 0 Å². The van der Waals surface area contributed by atoms with Crippen LogP contribution in [0.15, 0.2) is 42.5 Å². The summed E-state index contributed by atoms with van der Waals surface area (Å²) in [5.74, 6) is 1.96. The van der Waals surface area contributed by atoms with Crippen LogP contribution in [0.3, 0.4) is 0 Å². The van der Waals surface area contributed by atoms with E-state index < -0.39 is 5.60 Å². The minimum Gasteiger partial charge on any atom is -0.473 e. The lowest BCUT2D eigenvalue weighted by atomic mass is 9.98. The van der Waals surface area contributed by atoms with Crippen molar-refractivity contribution in [1.82, 2.24) is 5.32 Å². The van der Waals surface area contributed by atoms with E-state index in [4.69, 9.17) is 14.2 Å². The maximum Gasteiger partial charge on any atom is 0.268 e. The Morgan fingerprint density at radius 2 is 1.92 bits per heavy atom. The average molecular weight is 337 g/mol. The Hall–Kier alpha value is -2.95. The van der Waals surface area contributed by atoms with Gasteiger partial charge in [0.25, 0.3) is 5.91 Å². The van der Waals surface area contributed by atoms with E-state index in [1.165, 1.54) is 0 Å². The minimum atomic E-state index is -1.03. The van der Waals surface area contributed by atoms with E-state index >= 15 is 0 Å². The van der Waals surface area contributed by atoms with Crippen LogP contribution in [-0.4, -0.2) is 18.3 Å². The van der Waals surface area contributed by atoms with E-state index in [1.54, 1.807) is 13.0 Å². The number of nitrogens with one attached hydrogen (secondary N) is 1. The van der Waals surface area contributed by atoms with Crippen molar-refractivity contribution in [3.05, 3.63) is 59.2 Å². The Kier molecular flexibility index (Phi) is 3.64. The van der Waals surface area contributed by atoms with Crippen molar-refractivity contribution in [3.8, 4) is 17.2 Å². The van der Waals surface area contributed by atoms with Gasteiger partial charge in [0.15, 0.2) is 11.5 Å². The molecule has 1 N–H and O–H groups in total. The molecule has 4 rings (SSSR count). The lowest BCUT2D eigenvalue weighted by molar-refractivity contribution is -0.132. The third kappa shape index (κ3) is 2.93. The van der Waals surface area contributed by atoms with Crippen LogP contribution in [0.1, 0.15) is 23.6 Å². The van der Waals surface area contributed by atoms with Gasteiger partial charge in [0.1, 0.15) is 5.75 Å². The molecule has 25 heavy (non-hydrogen) atoms. The Morgan fingerprint density at radius 3 is 2.80 bits per heavy atom. The van der Waals surface area contributed by atoms with Crippen LogP contribution in [0.5, 0.6) is 17.2 Å². The predicted molar refractivity (Wildman–Crippen MR) is 93.7 cm³/mol. The van der Waals surface area contributed by atoms with Gasteiger partial charge in [0.05, 0.1) is 0 Å². The number of carbonyl (C=O) groups is 1. The number of aryl methyl sites for hydroxylation is 1. The van der Waals surface area contributed by atoms with E-state index in [1.807, 2.05) is 49.4 Å². The number of rotatable bonds is 3. The fourth-order valence-corrected chi connectivity index (χ4v) is 2.93. The highest BCUT2D eigenvalue weighted by Crippen LogP contribution is 2.33. The maximum atomic E-state index is 12.7. The van der Waals surface area contributed by atoms with Crippen molar-refractivity contribution >= 4 is 12.0 Å².